The Morgan fingerprint density at radius 1 is 1.25 bits per heavy atom. The Morgan fingerprint density at radius 2 is 2.00 bits per heavy atom. The first-order valence-electron chi connectivity index (χ1n) is 7.79. The van der Waals surface area contributed by atoms with Crippen LogP contribution in [-0.2, 0) is 11.2 Å². The summed E-state index contributed by atoms with van der Waals surface area (Å²) in [6.07, 6.45) is 2.13. The summed E-state index contributed by atoms with van der Waals surface area (Å²) >= 11 is 5.88. The molecule has 0 saturated carbocycles. The largest absolute Gasteiger partial charge is 0.394 e. The van der Waals surface area contributed by atoms with Gasteiger partial charge in [-0.25, -0.2) is 0 Å². The number of aliphatic hydroxyl groups excluding tert-OH is 1. The number of benzene rings is 2. The zero-order chi connectivity index (χ0) is 17.1. The molecular weight excluding hydrogens is 324 g/mol. The fourth-order valence-electron chi connectivity index (χ4n) is 2.86. The highest BCUT2D eigenvalue weighted by Gasteiger charge is 2.15. The van der Waals surface area contributed by atoms with E-state index >= 15 is 0 Å². The number of fused-ring (bicyclic) bond motifs is 1. The number of para-hydroxylation sites is 1. The van der Waals surface area contributed by atoms with Gasteiger partial charge in [-0.3, -0.25) is 4.79 Å². The van der Waals surface area contributed by atoms with E-state index < -0.39 is 6.04 Å². The number of carbonyl (C=O) groups is 1. The van der Waals surface area contributed by atoms with E-state index in [9.17, 15) is 9.90 Å². The van der Waals surface area contributed by atoms with Crippen LogP contribution in [0.25, 0.3) is 10.9 Å². The monoisotopic (exact) mass is 342 g/mol. The fraction of sp³-hybridized carbons (Fsp3) is 0.211. The Hall–Kier alpha value is -2.30. The van der Waals surface area contributed by atoms with Crippen molar-refractivity contribution < 1.29 is 9.90 Å². The molecule has 0 bridgehead atoms. The Kier molecular flexibility index (Phi) is 4.88. The van der Waals surface area contributed by atoms with Crippen molar-refractivity contribution in [2.75, 3.05) is 6.61 Å². The van der Waals surface area contributed by atoms with Gasteiger partial charge in [-0.2, -0.15) is 0 Å². The van der Waals surface area contributed by atoms with E-state index in [0.717, 1.165) is 27.6 Å². The molecule has 24 heavy (non-hydrogen) atoms. The molecule has 1 unspecified atom stereocenters. The van der Waals surface area contributed by atoms with E-state index in [1.165, 1.54) is 0 Å². The van der Waals surface area contributed by atoms with Crippen LogP contribution in [0.5, 0.6) is 0 Å². The van der Waals surface area contributed by atoms with Crippen LogP contribution in [0.4, 0.5) is 0 Å². The molecule has 0 spiro atoms. The zero-order valence-electron chi connectivity index (χ0n) is 13.3. The molecule has 1 atom stereocenters. The molecular formula is C19H19ClN2O2. The maximum Gasteiger partial charge on any atom is 0.225 e. The molecule has 0 aliphatic heterocycles. The van der Waals surface area contributed by atoms with Crippen LogP contribution in [0.2, 0.25) is 5.02 Å². The first-order valence-corrected chi connectivity index (χ1v) is 8.17. The van der Waals surface area contributed by atoms with E-state index in [-0.39, 0.29) is 18.9 Å². The first-order chi connectivity index (χ1) is 11.6. The van der Waals surface area contributed by atoms with Gasteiger partial charge in [0.15, 0.2) is 0 Å². The van der Waals surface area contributed by atoms with Crippen molar-refractivity contribution in [3.05, 3.63) is 70.4 Å². The van der Waals surface area contributed by atoms with Gasteiger partial charge >= 0.3 is 0 Å². The number of hydrogen-bond acceptors (Lipinski definition) is 2. The summed E-state index contributed by atoms with van der Waals surface area (Å²) < 4.78 is 0. The molecule has 1 heterocycles. The van der Waals surface area contributed by atoms with Crippen molar-refractivity contribution in [2.24, 2.45) is 0 Å². The van der Waals surface area contributed by atoms with Crippen molar-refractivity contribution in [3.8, 4) is 0 Å². The predicted octanol–water partition coefficient (Wildman–Crippen LogP) is 3.52. The molecule has 0 fully saturated rings. The van der Waals surface area contributed by atoms with Crippen LogP contribution >= 0.6 is 11.6 Å². The van der Waals surface area contributed by atoms with Crippen LogP contribution in [-0.4, -0.2) is 22.6 Å². The van der Waals surface area contributed by atoms with Gasteiger partial charge in [-0.05, 0) is 35.7 Å². The number of halogens is 1. The summed E-state index contributed by atoms with van der Waals surface area (Å²) in [6.45, 7) is 1.87. The van der Waals surface area contributed by atoms with Crippen LogP contribution in [0, 0.1) is 6.92 Å². The van der Waals surface area contributed by atoms with E-state index in [0.29, 0.717) is 5.02 Å². The second kappa shape index (κ2) is 7.07. The molecule has 0 aliphatic carbocycles. The maximum absolute atomic E-state index is 12.4. The average Bonchev–Trinajstić information content (AvgIpc) is 2.98. The minimum Gasteiger partial charge on any atom is -0.394 e. The highest BCUT2D eigenvalue weighted by molar-refractivity contribution is 6.30. The van der Waals surface area contributed by atoms with Gasteiger partial charge in [0, 0.05) is 22.1 Å². The number of hydrogen-bond donors (Lipinski definition) is 3. The third-order valence-corrected chi connectivity index (χ3v) is 4.40. The fourth-order valence-corrected chi connectivity index (χ4v) is 2.98. The predicted molar refractivity (Wildman–Crippen MR) is 96.2 cm³/mol. The van der Waals surface area contributed by atoms with E-state index in [2.05, 4.69) is 10.3 Å². The van der Waals surface area contributed by atoms with E-state index in [1.807, 2.05) is 31.3 Å². The number of nitrogens with one attached hydrogen (secondary N) is 2. The minimum absolute atomic E-state index is 0.133. The Bertz CT molecular complexity index is 855. The molecule has 3 rings (SSSR count). The molecule has 1 amide bonds. The second-order valence-electron chi connectivity index (χ2n) is 5.84. The van der Waals surface area contributed by atoms with E-state index in [4.69, 9.17) is 11.6 Å². The number of rotatable bonds is 5. The molecule has 0 aliphatic rings. The van der Waals surface area contributed by atoms with Gasteiger partial charge in [0.1, 0.15) is 0 Å². The third-order valence-electron chi connectivity index (χ3n) is 4.15. The highest BCUT2D eigenvalue weighted by atomic mass is 35.5. The number of H-pyrrole nitrogens is 1. The lowest BCUT2D eigenvalue weighted by Crippen LogP contribution is -2.31. The van der Waals surface area contributed by atoms with Crippen LogP contribution < -0.4 is 5.32 Å². The smallest absolute Gasteiger partial charge is 0.225 e. The summed E-state index contributed by atoms with van der Waals surface area (Å²) in [6, 6.07) is 12.7. The van der Waals surface area contributed by atoms with Crippen molar-refractivity contribution in [2.45, 2.75) is 19.4 Å². The lowest BCUT2D eigenvalue weighted by Gasteiger charge is -2.16. The van der Waals surface area contributed by atoms with Gasteiger partial charge in [0.25, 0.3) is 0 Å². The van der Waals surface area contributed by atoms with Gasteiger partial charge in [0.2, 0.25) is 5.91 Å². The van der Waals surface area contributed by atoms with Gasteiger partial charge in [0.05, 0.1) is 19.1 Å². The summed E-state index contributed by atoms with van der Waals surface area (Å²) in [5, 5.41) is 14.1. The summed E-state index contributed by atoms with van der Waals surface area (Å²) in [7, 11) is 0. The van der Waals surface area contributed by atoms with Crippen molar-refractivity contribution in [1.82, 2.24) is 10.3 Å². The SMILES string of the molecule is Cc1cccc2c(CC(=O)NC(CO)c3ccc(Cl)cc3)c[nH]c12. The molecule has 0 radical (unpaired) electrons. The second-order valence-corrected chi connectivity index (χ2v) is 6.28. The minimum atomic E-state index is -0.443. The summed E-state index contributed by atoms with van der Waals surface area (Å²) in [5.74, 6) is -0.133. The number of carbonyl (C=O) groups excluding carboxylic acids is 1. The number of aromatic amines is 1. The molecule has 0 saturated heterocycles. The van der Waals surface area contributed by atoms with E-state index in [1.54, 1.807) is 24.3 Å². The molecule has 4 nitrogen and oxygen atoms in total. The van der Waals surface area contributed by atoms with Crippen molar-refractivity contribution in [3.63, 3.8) is 0 Å². The molecule has 1 aromatic heterocycles. The van der Waals surface area contributed by atoms with Crippen molar-refractivity contribution in [1.29, 1.82) is 0 Å². The molecule has 5 heteroatoms. The topological polar surface area (TPSA) is 65.1 Å². The lowest BCUT2D eigenvalue weighted by molar-refractivity contribution is -0.121. The average molecular weight is 343 g/mol. The number of amides is 1. The van der Waals surface area contributed by atoms with Gasteiger partial charge < -0.3 is 15.4 Å². The Morgan fingerprint density at radius 3 is 2.71 bits per heavy atom. The summed E-state index contributed by atoms with van der Waals surface area (Å²) in [5.41, 5.74) is 3.97. The number of aromatic nitrogens is 1. The van der Waals surface area contributed by atoms with Crippen LogP contribution in [0.3, 0.4) is 0 Å². The van der Waals surface area contributed by atoms with Crippen molar-refractivity contribution >= 4 is 28.4 Å². The van der Waals surface area contributed by atoms with Crippen LogP contribution in [0.1, 0.15) is 22.7 Å². The Balaban J connectivity index is 1.74. The number of aryl methyl sites for hydroxylation is 1. The van der Waals surface area contributed by atoms with Gasteiger partial charge in [-0.15, -0.1) is 0 Å². The maximum atomic E-state index is 12.4. The summed E-state index contributed by atoms with van der Waals surface area (Å²) in [4.78, 5) is 15.6. The van der Waals surface area contributed by atoms with Gasteiger partial charge in [-0.1, -0.05) is 41.9 Å². The zero-order valence-corrected chi connectivity index (χ0v) is 14.1. The molecule has 124 valence electrons. The first kappa shape index (κ1) is 16.6. The third kappa shape index (κ3) is 3.45. The van der Waals surface area contributed by atoms with Crippen LogP contribution in [0.15, 0.2) is 48.7 Å². The quantitative estimate of drug-likeness (QED) is 0.664. The molecule has 3 N–H and O–H groups in total. The molecule has 3 aromatic rings. The normalized spacial score (nSPS) is 12.3. The Labute approximate surface area is 145 Å². The number of aliphatic hydroxyl groups is 1. The standard InChI is InChI=1S/C19H19ClN2O2/c1-12-3-2-4-16-14(10-21-19(12)16)9-18(24)22-17(11-23)13-5-7-15(20)8-6-13/h2-8,10,17,21,23H,9,11H2,1H3,(H,22,24). The molecule has 2 aromatic carbocycles. The lowest BCUT2D eigenvalue weighted by atomic mass is 10.1. The highest BCUT2D eigenvalue weighted by Crippen LogP contribution is 2.22.